The number of aliphatic imine (C=N–C) groups is 1. The average molecular weight is 730 g/mol. The molecule has 0 aliphatic heterocycles. The van der Waals surface area contributed by atoms with Crippen LogP contribution in [-0.2, 0) is 33.8 Å². The zero-order chi connectivity index (χ0) is 37.3. The Morgan fingerprint density at radius 2 is 1.46 bits per heavy atom. The van der Waals surface area contributed by atoms with Crippen LogP contribution >= 0.6 is 11.3 Å². The van der Waals surface area contributed by atoms with Crippen molar-refractivity contribution in [3.05, 3.63) is 124 Å². The molecule has 0 radical (unpaired) electrons. The minimum atomic E-state index is -1.08. The number of nitrogens with one attached hydrogen (secondary N) is 5. The number of nitrogens with zero attached hydrogens (tertiary/aromatic N) is 2. The topological polar surface area (TPSA) is 206 Å². The van der Waals surface area contributed by atoms with E-state index in [1.165, 1.54) is 23.5 Å². The fourth-order valence-corrected chi connectivity index (χ4v) is 6.11. The molecule has 3 aromatic carbocycles. The highest BCUT2D eigenvalue weighted by Gasteiger charge is 2.29. The number of amides is 4. The Morgan fingerprint density at radius 1 is 0.808 bits per heavy atom. The van der Waals surface area contributed by atoms with E-state index >= 15 is 0 Å². The Balaban J connectivity index is 1.52. The third-order valence-electron chi connectivity index (χ3n) is 7.87. The molecule has 3 atom stereocenters. The summed E-state index contributed by atoms with van der Waals surface area (Å²) in [4.78, 5) is 62.0. The Labute approximate surface area is 305 Å². The SMILES string of the molecule is CNCC(=O)N[C@@H](Cc1ccc(F)cc1)c1nc(C(=O)N[C@@H](Cc2ccccc2)C(=O)N[C@@H](CCCN=C(N)N)C(=O)NCc2ccccc2)cs1. The molecule has 0 saturated heterocycles. The van der Waals surface area contributed by atoms with Crippen LogP contribution in [0.5, 0.6) is 0 Å². The number of benzene rings is 3. The number of aromatic nitrogens is 1. The summed E-state index contributed by atoms with van der Waals surface area (Å²) in [6.45, 7) is 0.580. The molecule has 0 fully saturated rings. The number of halogens is 1. The molecule has 0 bridgehead atoms. The van der Waals surface area contributed by atoms with Crippen molar-refractivity contribution >= 4 is 40.9 Å². The van der Waals surface area contributed by atoms with Crippen LogP contribution in [0.15, 0.2) is 95.3 Å². The third-order valence-corrected chi connectivity index (χ3v) is 8.83. The van der Waals surface area contributed by atoms with E-state index in [0.717, 1.165) is 16.7 Å². The van der Waals surface area contributed by atoms with Gasteiger partial charge in [0.15, 0.2) is 5.96 Å². The van der Waals surface area contributed by atoms with Crippen LogP contribution in [0.25, 0.3) is 0 Å². The first-order chi connectivity index (χ1) is 25.1. The van der Waals surface area contributed by atoms with E-state index in [9.17, 15) is 23.6 Å². The molecule has 13 nitrogen and oxygen atoms in total. The maximum Gasteiger partial charge on any atom is 0.271 e. The van der Waals surface area contributed by atoms with Crippen molar-refractivity contribution in [3.8, 4) is 0 Å². The first-order valence-corrected chi connectivity index (χ1v) is 17.6. The summed E-state index contributed by atoms with van der Waals surface area (Å²) < 4.78 is 13.6. The number of guanidine groups is 1. The number of carbonyl (C=O) groups is 4. The van der Waals surface area contributed by atoms with Crippen LogP contribution in [0.1, 0.15) is 51.1 Å². The normalized spacial score (nSPS) is 12.5. The Hall–Kier alpha value is -5.67. The standard InChI is InChI=1S/C37H44FN9O4S/c1-41-22-32(48)44-30(20-25-14-16-27(38)17-15-25)36-47-31(23-52-36)35(51)46-29(19-24-9-4-2-5-10-24)34(50)45-28(13-8-18-42-37(39)40)33(49)43-21-26-11-6-3-7-12-26/h2-7,9-12,14-17,23,28-30,41H,8,13,18-22H2,1H3,(H,43,49)(H,44,48)(H,45,50)(H,46,51)(H4,39,40,42)/t28-,29-,30-/m0/s1. The third kappa shape index (κ3) is 12.9. The molecule has 0 aliphatic rings. The van der Waals surface area contributed by atoms with E-state index in [2.05, 4.69) is 36.6 Å². The summed E-state index contributed by atoms with van der Waals surface area (Å²) in [5.74, 6) is -2.32. The second kappa shape index (κ2) is 20.2. The molecule has 0 saturated carbocycles. The largest absolute Gasteiger partial charge is 0.370 e. The highest BCUT2D eigenvalue weighted by molar-refractivity contribution is 7.09. The van der Waals surface area contributed by atoms with Crippen molar-refractivity contribution in [2.45, 2.75) is 50.4 Å². The van der Waals surface area contributed by atoms with E-state index in [-0.39, 0.29) is 55.9 Å². The molecule has 15 heteroatoms. The molecule has 0 unspecified atom stereocenters. The smallest absolute Gasteiger partial charge is 0.271 e. The van der Waals surface area contributed by atoms with E-state index in [1.807, 2.05) is 60.7 Å². The molecular formula is C37H44FN9O4S. The highest BCUT2D eigenvalue weighted by Crippen LogP contribution is 2.23. The van der Waals surface area contributed by atoms with E-state index < -0.39 is 35.8 Å². The molecule has 4 rings (SSSR count). The minimum Gasteiger partial charge on any atom is -0.370 e. The van der Waals surface area contributed by atoms with E-state index in [0.29, 0.717) is 17.8 Å². The molecule has 0 spiro atoms. The molecule has 4 aromatic rings. The molecule has 1 aromatic heterocycles. The first kappa shape index (κ1) is 39.1. The van der Waals surface area contributed by atoms with Gasteiger partial charge in [-0.25, -0.2) is 9.37 Å². The summed E-state index contributed by atoms with van der Waals surface area (Å²) >= 11 is 1.18. The zero-order valence-corrected chi connectivity index (χ0v) is 29.6. The molecular weight excluding hydrogens is 686 g/mol. The lowest BCUT2D eigenvalue weighted by Gasteiger charge is -2.23. The molecule has 9 N–H and O–H groups in total. The fourth-order valence-electron chi connectivity index (χ4n) is 5.26. The van der Waals surface area contributed by atoms with Gasteiger partial charge in [0, 0.05) is 24.9 Å². The number of nitrogens with two attached hydrogens (primary N) is 2. The van der Waals surface area contributed by atoms with Gasteiger partial charge in [-0.15, -0.1) is 11.3 Å². The van der Waals surface area contributed by atoms with Gasteiger partial charge in [-0.3, -0.25) is 24.2 Å². The highest BCUT2D eigenvalue weighted by atomic mass is 32.1. The van der Waals surface area contributed by atoms with Crippen LogP contribution < -0.4 is 38.1 Å². The number of carbonyl (C=O) groups excluding carboxylic acids is 4. The predicted molar refractivity (Wildman–Crippen MR) is 199 cm³/mol. The molecule has 0 aliphatic carbocycles. The molecule has 1 heterocycles. The minimum absolute atomic E-state index is 0.0484. The predicted octanol–water partition coefficient (Wildman–Crippen LogP) is 2.10. The van der Waals surface area contributed by atoms with E-state index in [4.69, 9.17) is 11.5 Å². The van der Waals surface area contributed by atoms with Crippen LogP contribution in [-0.4, -0.2) is 66.8 Å². The zero-order valence-electron chi connectivity index (χ0n) is 28.8. The average Bonchev–Trinajstić information content (AvgIpc) is 3.64. The maximum atomic E-state index is 13.9. The number of rotatable bonds is 19. The van der Waals surface area contributed by atoms with Gasteiger partial charge in [0.25, 0.3) is 5.91 Å². The van der Waals surface area contributed by atoms with Gasteiger partial charge in [0.2, 0.25) is 17.7 Å². The van der Waals surface area contributed by atoms with Crippen molar-refractivity contribution < 1.29 is 23.6 Å². The number of hydrogen-bond acceptors (Lipinski definition) is 8. The molecule has 52 heavy (non-hydrogen) atoms. The monoisotopic (exact) mass is 729 g/mol. The van der Waals surface area contributed by atoms with Crippen LogP contribution in [0.4, 0.5) is 4.39 Å². The second-order valence-electron chi connectivity index (χ2n) is 12.0. The van der Waals surface area contributed by atoms with Crippen molar-refractivity contribution in [2.75, 3.05) is 20.1 Å². The van der Waals surface area contributed by atoms with E-state index in [1.54, 1.807) is 24.6 Å². The van der Waals surface area contributed by atoms with Crippen molar-refractivity contribution in [1.82, 2.24) is 31.6 Å². The molecule has 274 valence electrons. The van der Waals surface area contributed by atoms with Crippen molar-refractivity contribution in [3.63, 3.8) is 0 Å². The lowest BCUT2D eigenvalue weighted by Crippen LogP contribution is -2.54. The summed E-state index contributed by atoms with van der Waals surface area (Å²) in [7, 11) is 1.65. The lowest BCUT2D eigenvalue weighted by atomic mass is 10.0. The van der Waals surface area contributed by atoms with Crippen LogP contribution in [0.3, 0.4) is 0 Å². The van der Waals surface area contributed by atoms with Crippen molar-refractivity contribution in [1.29, 1.82) is 0 Å². The summed E-state index contributed by atoms with van der Waals surface area (Å²) in [6.07, 6.45) is 1.08. The lowest BCUT2D eigenvalue weighted by molar-refractivity contribution is -0.130. The molecule has 4 amide bonds. The summed E-state index contributed by atoms with van der Waals surface area (Å²) in [6, 6.07) is 21.8. The number of thiazole rings is 1. The first-order valence-electron chi connectivity index (χ1n) is 16.8. The second-order valence-corrected chi connectivity index (χ2v) is 12.9. The Kier molecular flexibility index (Phi) is 15.2. The summed E-state index contributed by atoms with van der Waals surface area (Å²) in [5, 5.41) is 16.2. The quantitative estimate of drug-likeness (QED) is 0.0431. The Bertz CT molecular complexity index is 1790. The van der Waals surface area contributed by atoms with Gasteiger partial charge in [-0.05, 0) is 55.1 Å². The van der Waals surface area contributed by atoms with Crippen LogP contribution in [0.2, 0.25) is 0 Å². The van der Waals surface area contributed by atoms with Gasteiger partial charge < -0.3 is 38.1 Å². The van der Waals surface area contributed by atoms with Gasteiger partial charge in [0.1, 0.15) is 28.6 Å². The van der Waals surface area contributed by atoms with Gasteiger partial charge in [-0.1, -0.05) is 72.8 Å². The van der Waals surface area contributed by atoms with Crippen LogP contribution in [0, 0.1) is 5.82 Å². The maximum absolute atomic E-state index is 13.9. The fraction of sp³-hybridized carbons (Fsp3) is 0.297. The number of likely N-dealkylation sites (N-methyl/N-ethyl adjacent to an activating group) is 1. The van der Waals surface area contributed by atoms with Gasteiger partial charge in [0.05, 0.1) is 12.6 Å². The van der Waals surface area contributed by atoms with Crippen molar-refractivity contribution in [2.24, 2.45) is 16.5 Å². The Morgan fingerprint density at radius 3 is 2.12 bits per heavy atom. The van der Waals surface area contributed by atoms with Gasteiger partial charge in [-0.2, -0.15) is 0 Å². The van der Waals surface area contributed by atoms with Gasteiger partial charge >= 0.3 is 0 Å². The summed E-state index contributed by atoms with van der Waals surface area (Å²) in [5.41, 5.74) is 13.4. The number of hydrogen-bond donors (Lipinski definition) is 7.